The second kappa shape index (κ2) is 9.08. The van der Waals surface area contributed by atoms with Gasteiger partial charge in [-0.3, -0.25) is 24.2 Å². The zero-order valence-electron chi connectivity index (χ0n) is 18.7. The van der Waals surface area contributed by atoms with E-state index in [2.05, 4.69) is 15.6 Å². The van der Waals surface area contributed by atoms with Crippen molar-refractivity contribution in [1.29, 1.82) is 0 Å². The Morgan fingerprint density at radius 2 is 1.71 bits per heavy atom. The van der Waals surface area contributed by atoms with Crippen molar-refractivity contribution < 1.29 is 19.2 Å². The van der Waals surface area contributed by atoms with Gasteiger partial charge >= 0.3 is 0 Å². The van der Waals surface area contributed by atoms with Gasteiger partial charge in [-0.25, -0.2) is 0 Å². The molecule has 4 N–H and O–H groups in total. The predicted molar refractivity (Wildman–Crippen MR) is 132 cm³/mol. The molecule has 0 saturated carbocycles. The number of primary amides is 1. The first kappa shape index (κ1) is 22.4. The number of benzene rings is 3. The predicted octanol–water partition coefficient (Wildman–Crippen LogP) is 2.53. The van der Waals surface area contributed by atoms with Crippen molar-refractivity contribution in [3.8, 4) is 0 Å². The lowest BCUT2D eigenvalue weighted by Crippen LogP contribution is -2.41. The molecule has 35 heavy (non-hydrogen) atoms. The third kappa shape index (κ3) is 4.51. The van der Waals surface area contributed by atoms with Crippen LogP contribution in [0.15, 0.2) is 66.9 Å². The van der Waals surface area contributed by atoms with Crippen molar-refractivity contribution in [2.45, 2.75) is 13.0 Å². The van der Waals surface area contributed by atoms with Crippen LogP contribution in [0.5, 0.6) is 0 Å². The molecule has 1 unspecified atom stereocenters. The van der Waals surface area contributed by atoms with E-state index in [1.165, 1.54) is 0 Å². The fourth-order valence-electron chi connectivity index (χ4n) is 4.44. The number of amides is 2. The second-order valence-electron chi connectivity index (χ2n) is 8.59. The van der Waals surface area contributed by atoms with E-state index < -0.39 is 23.4 Å². The van der Waals surface area contributed by atoms with Gasteiger partial charge in [0.1, 0.15) is 0 Å². The molecule has 0 spiro atoms. The number of carbonyl (C=O) groups excluding carboxylic acids is 4. The molecule has 0 fully saturated rings. The molecule has 0 aliphatic heterocycles. The van der Waals surface area contributed by atoms with Crippen LogP contribution in [0, 0.1) is 5.92 Å². The van der Waals surface area contributed by atoms with Crippen molar-refractivity contribution in [2.24, 2.45) is 11.7 Å². The zero-order valence-corrected chi connectivity index (χ0v) is 18.7. The van der Waals surface area contributed by atoms with Crippen LogP contribution in [0.4, 0.5) is 5.69 Å². The molecule has 174 valence electrons. The number of anilines is 1. The Balaban J connectivity index is 1.37. The first-order chi connectivity index (χ1) is 16.9. The highest BCUT2D eigenvalue weighted by Gasteiger charge is 2.38. The van der Waals surface area contributed by atoms with E-state index in [1.54, 1.807) is 12.3 Å². The van der Waals surface area contributed by atoms with Gasteiger partial charge in [-0.05, 0) is 75.6 Å². The summed E-state index contributed by atoms with van der Waals surface area (Å²) in [5.74, 6) is -3.54. The monoisotopic (exact) mass is 466 g/mol. The van der Waals surface area contributed by atoms with Gasteiger partial charge in [-0.1, -0.05) is 12.1 Å². The zero-order chi connectivity index (χ0) is 24.5. The number of pyridine rings is 1. The SMILES string of the molecule is NC(=O)C1C(=O)Cc2cc3cc4ccc(NC(=O)CNCc5ccccn5)cc4cc3cc2C1=O. The van der Waals surface area contributed by atoms with E-state index >= 15 is 0 Å². The number of aromatic nitrogens is 1. The van der Waals surface area contributed by atoms with Gasteiger partial charge in [0.2, 0.25) is 11.8 Å². The highest BCUT2D eigenvalue weighted by molar-refractivity contribution is 6.27. The minimum Gasteiger partial charge on any atom is -0.369 e. The molecular formula is C27H22N4O4. The molecule has 2 amide bonds. The summed E-state index contributed by atoms with van der Waals surface area (Å²) in [4.78, 5) is 53.2. The van der Waals surface area contributed by atoms with Crippen LogP contribution < -0.4 is 16.4 Å². The first-order valence-electron chi connectivity index (χ1n) is 11.2. The third-order valence-electron chi connectivity index (χ3n) is 6.12. The van der Waals surface area contributed by atoms with Crippen LogP contribution in [0.25, 0.3) is 21.5 Å². The largest absolute Gasteiger partial charge is 0.369 e. The maximum Gasteiger partial charge on any atom is 0.238 e. The molecule has 1 aliphatic carbocycles. The lowest BCUT2D eigenvalue weighted by molar-refractivity contribution is -0.130. The summed E-state index contributed by atoms with van der Waals surface area (Å²) in [6.45, 7) is 0.629. The normalized spacial score (nSPS) is 15.3. The van der Waals surface area contributed by atoms with Crippen LogP contribution >= 0.6 is 0 Å². The second-order valence-corrected chi connectivity index (χ2v) is 8.59. The van der Waals surface area contributed by atoms with Gasteiger partial charge < -0.3 is 16.4 Å². The summed E-state index contributed by atoms with van der Waals surface area (Å²) in [5.41, 5.74) is 7.74. The molecule has 5 rings (SSSR count). The topological polar surface area (TPSA) is 131 Å². The van der Waals surface area contributed by atoms with Crippen molar-refractivity contribution in [2.75, 3.05) is 11.9 Å². The lowest BCUT2D eigenvalue weighted by Gasteiger charge is -2.21. The van der Waals surface area contributed by atoms with Gasteiger partial charge in [-0.2, -0.15) is 0 Å². The molecule has 1 heterocycles. The number of hydrogen-bond acceptors (Lipinski definition) is 6. The summed E-state index contributed by atoms with van der Waals surface area (Å²) in [5, 5.41) is 9.45. The number of carbonyl (C=O) groups is 4. The fraction of sp³-hybridized carbons (Fsp3) is 0.148. The van der Waals surface area contributed by atoms with Crippen molar-refractivity contribution in [3.05, 3.63) is 83.7 Å². The van der Waals surface area contributed by atoms with E-state index in [9.17, 15) is 19.2 Å². The maximum absolute atomic E-state index is 12.7. The minimum atomic E-state index is -1.42. The highest BCUT2D eigenvalue weighted by Crippen LogP contribution is 2.31. The quantitative estimate of drug-likeness (QED) is 0.296. The molecule has 8 heteroatoms. The molecule has 1 aromatic heterocycles. The molecule has 0 radical (unpaired) electrons. The standard InChI is InChI=1S/C27H22N4O4/c28-27(35)25-23(32)12-19-9-16-7-15-4-5-20(10-17(15)8-18(16)11-22(19)26(25)34)31-24(33)14-29-13-21-3-1-2-6-30-21/h1-11,25,29H,12-14H2,(H2,28,35)(H,31,33). The number of fused-ring (bicyclic) bond motifs is 3. The van der Waals surface area contributed by atoms with E-state index in [1.807, 2.05) is 54.6 Å². The number of nitrogens with two attached hydrogens (primary N) is 1. The van der Waals surface area contributed by atoms with Crippen LogP contribution in [-0.4, -0.2) is 34.9 Å². The number of hydrogen-bond donors (Lipinski definition) is 3. The Morgan fingerprint density at radius 3 is 2.49 bits per heavy atom. The maximum atomic E-state index is 12.7. The Morgan fingerprint density at radius 1 is 0.943 bits per heavy atom. The van der Waals surface area contributed by atoms with Gasteiger partial charge in [-0.15, -0.1) is 0 Å². The summed E-state index contributed by atoms with van der Waals surface area (Å²) in [6, 6.07) is 18.6. The van der Waals surface area contributed by atoms with E-state index in [4.69, 9.17) is 5.73 Å². The molecular weight excluding hydrogens is 444 g/mol. The molecule has 0 bridgehead atoms. The third-order valence-corrected chi connectivity index (χ3v) is 6.12. The van der Waals surface area contributed by atoms with E-state index in [-0.39, 0.29) is 18.9 Å². The molecule has 8 nitrogen and oxygen atoms in total. The summed E-state index contributed by atoms with van der Waals surface area (Å²) < 4.78 is 0. The Hall–Kier alpha value is -4.43. The lowest BCUT2D eigenvalue weighted by atomic mass is 9.80. The Bertz CT molecular complexity index is 1510. The van der Waals surface area contributed by atoms with Crippen LogP contribution in [0.2, 0.25) is 0 Å². The molecule has 3 aromatic carbocycles. The first-order valence-corrected chi connectivity index (χ1v) is 11.2. The average Bonchev–Trinajstić information content (AvgIpc) is 2.82. The van der Waals surface area contributed by atoms with E-state index in [0.717, 1.165) is 27.2 Å². The van der Waals surface area contributed by atoms with Crippen molar-refractivity contribution in [3.63, 3.8) is 0 Å². The minimum absolute atomic E-state index is 0.00198. The molecule has 0 saturated heterocycles. The summed E-state index contributed by atoms with van der Waals surface area (Å²) in [7, 11) is 0. The highest BCUT2D eigenvalue weighted by atomic mass is 16.2. The van der Waals surface area contributed by atoms with Crippen molar-refractivity contribution >= 4 is 50.6 Å². The van der Waals surface area contributed by atoms with Crippen molar-refractivity contribution in [1.82, 2.24) is 10.3 Å². The van der Waals surface area contributed by atoms with Gasteiger partial charge in [0.25, 0.3) is 0 Å². The molecule has 1 atom stereocenters. The molecule has 1 aliphatic rings. The average molecular weight is 466 g/mol. The Labute approximate surface area is 200 Å². The van der Waals surface area contributed by atoms with Crippen LogP contribution in [0.3, 0.4) is 0 Å². The van der Waals surface area contributed by atoms with Crippen LogP contribution in [0.1, 0.15) is 21.6 Å². The van der Waals surface area contributed by atoms with Gasteiger partial charge in [0.15, 0.2) is 17.5 Å². The summed E-state index contributed by atoms with van der Waals surface area (Å²) >= 11 is 0. The van der Waals surface area contributed by atoms with E-state index in [0.29, 0.717) is 23.4 Å². The number of nitrogens with zero attached hydrogens (tertiary/aromatic N) is 1. The Kier molecular flexibility index (Phi) is 5.80. The smallest absolute Gasteiger partial charge is 0.238 e. The molecule has 4 aromatic rings. The van der Waals surface area contributed by atoms with Crippen LogP contribution in [-0.2, 0) is 27.3 Å². The van der Waals surface area contributed by atoms with Gasteiger partial charge in [0, 0.05) is 30.4 Å². The number of Topliss-reactive ketones (excluding diaryl/α,β-unsaturated/α-hetero) is 2. The number of ketones is 2. The number of nitrogens with one attached hydrogen (secondary N) is 2. The van der Waals surface area contributed by atoms with Gasteiger partial charge in [0.05, 0.1) is 12.2 Å². The number of rotatable bonds is 6. The summed E-state index contributed by atoms with van der Waals surface area (Å²) in [6.07, 6.45) is 1.71. The fourth-order valence-corrected chi connectivity index (χ4v) is 4.44.